The molecule has 2 heterocycles. The number of aromatic nitrogens is 1. The number of benzene rings is 2. The molecular formula is C20H20N2O. The summed E-state index contributed by atoms with van der Waals surface area (Å²) in [6, 6.07) is 21.4. The number of para-hydroxylation sites is 1. The number of rotatable bonds is 3. The first-order chi connectivity index (χ1) is 11.4. The quantitative estimate of drug-likeness (QED) is 0.789. The molecule has 116 valence electrons. The van der Waals surface area contributed by atoms with Gasteiger partial charge in [0.2, 0.25) is 0 Å². The highest BCUT2D eigenvalue weighted by atomic mass is 16.5. The predicted octanol–water partition coefficient (Wildman–Crippen LogP) is 4.07. The molecule has 3 nitrogen and oxygen atoms in total. The third-order valence-corrected chi connectivity index (χ3v) is 4.35. The lowest BCUT2D eigenvalue weighted by Gasteiger charge is -2.18. The molecule has 4 rings (SSSR count). The van der Waals surface area contributed by atoms with Crippen molar-refractivity contribution in [2.45, 2.75) is 19.5 Å². The van der Waals surface area contributed by atoms with E-state index in [0.29, 0.717) is 6.61 Å². The van der Waals surface area contributed by atoms with E-state index in [1.165, 1.54) is 22.5 Å². The Labute approximate surface area is 136 Å². The summed E-state index contributed by atoms with van der Waals surface area (Å²) in [6.07, 6.45) is 2.14. The van der Waals surface area contributed by atoms with Crippen molar-refractivity contribution in [3.63, 3.8) is 0 Å². The van der Waals surface area contributed by atoms with E-state index in [2.05, 4.69) is 64.6 Å². The van der Waals surface area contributed by atoms with Crippen molar-refractivity contribution in [2.75, 3.05) is 6.61 Å². The minimum absolute atomic E-state index is 0.174. The van der Waals surface area contributed by atoms with Crippen molar-refractivity contribution in [1.29, 1.82) is 0 Å². The smallest absolute Gasteiger partial charge is 0.119 e. The van der Waals surface area contributed by atoms with E-state index < -0.39 is 0 Å². The Bertz CT molecular complexity index is 805. The highest BCUT2D eigenvalue weighted by Crippen LogP contribution is 2.31. The minimum Gasteiger partial charge on any atom is -0.494 e. The van der Waals surface area contributed by atoms with Gasteiger partial charge in [-0.25, -0.2) is 0 Å². The minimum atomic E-state index is 0.174. The van der Waals surface area contributed by atoms with Crippen molar-refractivity contribution in [3.05, 3.63) is 83.7 Å². The molecule has 0 saturated carbocycles. The van der Waals surface area contributed by atoms with Crippen LogP contribution < -0.4 is 10.1 Å². The molecule has 1 aromatic heterocycles. The van der Waals surface area contributed by atoms with Crippen LogP contribution in [0.3, 0.4) is 0 Å². The van der Waals surface area contributed by atoms with Crippen molar-refractivity contribution in [3.8, 4) is 11.4 Å². The van der Waals surface area contributed by atoms with Crippen molar-refractivity contribution < 1.29 is 4.74 Å². The average Bonchev–Trinajstić information content (AvgIpc) is 3.01. The van der Waals surface area contributed by atoms with E-state index in [9.17, 15) is 0 Å². The number of ether oxygens (including phenoxy) is 1. The summed E-state index contributed by atoms with van der Waals surface area (Å²) in [7, 11) is 0. The van der Waals surface area contributed by atoms with Gasteiger partial charge in [0.05, 0.1) is 12.6 Å². The van der Waals surface area contributed by atoms with Gasteiger partial charge in [-0.2, -0.15) is 0 Å². The third kappa shape index (κ3) is 2.53. The molecule has 2 aromatic carbocycles. The van der Waals surface area contributed by atoms with Gasteiger partial charge in [0.15, 0.2) is 0 Å². The van der Waals surface area contributed by atoms with Crippen molar-refractivity contribution in [2.24, 2.45) is 0 Å². The largest absolute Gasteiger partial charge is 0.494 e. The molecular weight excluding hydrogens is 284 g/mol. The Morgan fingerprint density at radius 1 is 1.04 bits per heavy atom. The molecule has 3 aromatic rings. The van der Waals surface area contributed by atoms with Crippen molar-refractivity contribution >= 4 is 0 Å². The number of fused-ring (bicyclic) bond motifs is 3. The van der Waals surface area contributed by atoms with Gasteiger partial charge < -0.3 is 14.6 Å². The topological polar surface area (TPSA) is 26.2 Å². The van der Waals surface area contributed by atoms with E-state index >= 15 is 0 Å². The van der Waals surface area contributed by atoms with Crippen LogP contribution in [0.25, 0.3) is 5.69 Å². The maximum atomic E-state index is 5.55. The van der Waals surface area contributed by atoms with Crippen LogP contribution in [0.4, 0.5) is 0 Å². The first-order valence-electron chi connectivity index (χ1n) is 8.08. The molecule has 1 N–H and O–H groups in total. The number of hydrogen-bond donors (Lipinski definition) is 1. The SMILES string of the molecule is CCOc1ccc([C@@H]2NCc3ccccc3-n3cccc32)cc1. The molecule has 0 unspecified atom stereocenters. The summed E-state index contributed by atoms with van der Waals surface area (Å²) < 4.78 is 7.84. The van der Waals surface area contributed by atoms with Crippen LogP contribution >= 0.6 is 0 Å². The standard InChI is InChI=1S/C20H20N2O/c1-2-23-17-11-9-15(10-12-17)20-19-8-5-13-22(19)18-7-4-3-6-16(18)14-21-20/h3-13,20-21H,2,14H2,1H3/t20-/m0/s1. The highest BCUT2D eigenvalue weighted by Gasteiger charge is 2.22. The van der Waals surface area contributed by atoms with Crippen LogP contribution in [0, 0.1) is 0 Å². The Balaban J connectivity index is 1.74. The van der Waals surface area contributed by atoms with Crippen LogP contribution in [-0.4, -0.2) is 11.2 Å². The van der Waals surface area contributed by atoms with Crippen LogP contribution in [0.15, 0.2) is 66.9 Å². The summed E-state index contributed by atoms with van der Waals surface area (Å²) in [5, 5.41) is 3.69. The second-order valence-electron chi connectivity index (χ2n) is 5.75. The zero-order chi connectivity index (χ0) is 15.6. The predicted molar refractivity (Wildman–Crippen MR) is 92.1 cm³/mol. The van der Waals surface area contributed by atoms with E-state index in [0.717, 1.165) is 12.3 Å². The monoisotopic (exact) mass is 304 g/mol. The summed E-state index contributed by atoms with van der Waals surface area (Å²) in [5.41, 5.74) is 5.09. The third-order valence-electron chi connectivity index (χ3n) is 4.35. The van der Waals surface area contributed by atoms with Crippen LogP contribution in [0.5, 0.6) is 5.75 Å². The molecule has 0 aliphatic carbocycles. The Kier molecular flexibility index (Phi) is 3.64. The number of nitrogens with one attached hydrogen (secondary N) is 1. The van der Waals surface area contributed by atoms with Crippen LogP contribution in [-0.2, 0) is 6.54 Å². The van der Waals surface area contributed by atoms with E-state index in [4.69, 9.17) is 4.74 Å². The molecule has 0 amide bonds. The van der Waals surface area contributed by atoms with E-state index in [1.54, 1.807) is 0 Å². The van der Waals surface area contributed by atoms with Crippen LogP contribution in [0.1, 0.15) is 29.8 Å². The fraction of sp³-hybridized carbons (Fsp3) is 0.200. The zero-order valence-corrected chi connectivity index (χ0v) is 13.2. The summed E-state index contributed by atoms with van der Waals surface area (Å²) in [5.74, 6) is 0.920. The maximum absolute atomic E-state index is 5.55. The molecule has 0 bridgehead atoms. The molecule has 0 radical (unpaired) electrons. The zero-order valence-electron chi connectivity index (χ0n) is 13.2. The Hall–Kier alpha value is -2.52. The average molecular weight is 304 g/mol. The molecule has 0 saturated heterocycles. The second kappa shape index (κ2) is 5.94. The Morgan fingerprint density at radius 2 is 1.87 bits per heavy atom. The first kappa shape index (κ1) is 14.1. The molecule has 23 heavy (non-hydrogen) atoms. The van der Waals surface area contributed by atoms with Gasteiger partial charge in [0.25, 0.3) is 0 Å². The van der Waals surface area contributed by atoms with E-state index in [-0.39, 0.29) is 6.04 Å². The first-order valence-corrected chi connectivity index (χ1v) is 8.08. The molecule has 0 spiro atoms. The molecule has 1 atom stereocenters. The van der Waals surface area contributed by atoms with Gasteiger partial charge in [0, 0.05) is 24.1 Å². The van der Waals surface area contributed by atoms with Gasteiger partial charge in [-0.15, -0.1) is 0 Å². The van der Waals surface area contributed by atoms with Crippen molar-refractivity contribution in [1.82, 2.24) is 9.88 Å². The second-order valence-corrected chi connectivity index (χ2v) is 5.75. The van der Waals surface area contributed by atoms with Gasteiger partial charge >= 0.3 is 0 Å². The van der Waals surface area contributed by atoms with Gasteiger partial charge in [-0.1, -0.05) is 30.3 Å². The van der Waals surface area contributed by atoms with Gasteiger partial charge in [0.1, 0.15) is 5.75 Å². The number of hydrogen-bond acceptors (Lipinski definition) is 2. The fourth-order valence-corrected chi connectivity index (χ4v) is 3.27. The summed E-state index contributed by atoms with van der Waals surface area (Å²) in [4.78, 5) is 0. The summed E-state index contributed by atoms with van der Waals surface area (Å²) in [6.45, 7) is 3.56. The fourth-order valence-electron chi connectivity index (χ4n) is 3.27. The molecule has 3 heteroatoms. The normalized spacial score (nSPS) is 16.3. The lowest BCUT2D eigenvalue weighted by Crippen LogP contribution is -2.21. The van der Waals surface area contributed by atoms with E-state index in [1.807, 2.05) is 19.1 Å². The maximum Gasteiger partial charge on any atom is 0.119 e. The summed E-state index contributed by atoms with van der Waals surface area (Å²) >= 11 is 0. The molecule has 1 aliphatic rings. The van der Waals surface area contributed by atoms with Crippen LogP contribution in [0.2, 0.25) is 0 Å². The van der Waals surface area contributed by atoms with Gasteiger partial charge in [-0.3, -0.25) is 0 Å². The molecule has 1 aliphatic heterocycles. The van der Waals surface area contributed by atoms with Gasteiger partial charge in [-0.05, 0) is 48.4 Å². The Morgan fingerprint density at radius 3 is 2.70 bits per heavy atom. The molecule has 0 fully saturated rings. The highest BCUT2D eigenvalue weighted by molar-refractivity contribution is 5.47. The number of nitrogens with zero attached hydrogens (tertiary/aromatic N) is 1. The lowest BCUT2D eigenvalue weighted by atomic mass is 10.0. The lowest BCUT2D eigenvalue weighted by molar-refractivity contribution is 0.340.